The van der Waals surface area contributed by atoms with Gasteiger partial charge >= 0.3 is 0 Å². The summed E-state index contributed by atoms with van der Waals surface area (Å²) in [6.07, 6.45) is 7.16. The Balaban J connectivity index is 0.961. The van der Waals surface area contributed by atoms with E-state index in [4.69, 9.17) is 14.2 Å². The number of ketones is 1. The van der Waals surface area contributed by atoms with E-state index in [2.05, 4.69) is 15.6 Å². The summed E-state index contributed by atoms with van der Waals surface area (Å²) in [5.74, 6) is 2.16. The fourth-order valence-corrected chi connectivity index (χ4v) is 6.98. The molecule has 2 N–H and O–H groups in total. The summed E-state index contributed by atoms with van der Waals surface area (Å²) >= 11 is 0. The van der Waals surface area contributed by atoms with E-state index in [1.54, 1.807) is 37.6 Å². The quantitative estimate of drug-likeness (QED) is 0.0922. The number of ether oxygens (including phenoxy) is 3. The second kappa shape index (κ2) is 15.5. The lowest BCUT2D eigenvalue weighted by molar-refractivity contribution is -0.131. The lowest BCUT2D eigenvalue weighted by Crippen LogP contribution is -2.35. The molecule has 7 rings (SSSR count). The highest BCUT2D eigenvalue weighted by Crippen LogP contribution is 2.48. The van der Waals surface area contributed by atoms with Crippen molar-refractivity contribution in [1.29, 1.82) is 0 Å². The Morgan fingerprint density at radius 2 is 1.45 bits per heavy atom. The molecule has 2 aliphatic rings. The molecule has 10 heteroatoms. The first-order valence-corrected chi connectivity index (χ1v) is 18.1. The number of carbonyl (C=O) groups excluding carboxylic acids is 3. The number of carbonyl (C=O) groups is 3. The molecule has 0 bridgehead atoms. The SMILES string of the molecule is COc1cc2c(Oc3ccc(NC(=O)C4(C(=O)Nc5ccc(F)cc5)CC4)cc3C)ccnc2cc1OCC1CCC(CC(=O)c2ccccc2)CC1. The van der Waals surface area contributed by atoms with Crippen molar-refractivity contribution >= 4 is 39.9 Å². The zero-order valence-electron chi connectivity index (χ0n) is 29.8. The maximum Gasteiger partial charge on any atom is 0.240 e. The van der Waals surface area contributed by atoms with Crippen molar-refractivity contribution in [1.82, 2.24) is 4.98 Å². The normalized spacial score (nSPS) is 17.4. The summed E-state index contributed by atoms with van der Waals surface area (Å²) < 4.78 is 31.7. The summed E-state index contributed by atoms with van der Waals surface area (Å²) in [6, 6.07) is 25.8. The van der Waals surface area contributed by atoms with Crippen LogP contribution < -0.4 is 24.8 Å². The predicted molar refractivity (Wildman–Crippen MR) is 201 cm³/mol. The molecule has 0 radical (unpaired) electrons. The minimum absolute atomic E-state index is 0.216. The molecular weight excluding hydrogens is 673 g/mol. The number of nitrogens with zero attached hydrogens (tertiary/aromatic N) is 1. The van der Waals surface area contributed by atoms with Gasteiger partial charge in [-0.3, -0.25) is 19.4 Å². The van der Waals surface area contributed by atoms with Crippen LogP contribution in [0.3, 0.4) is 0 Å². The van der Waals surface area contributed by atoms with Gasteiger partial charge in [0.15, 0.2) is 17.3 Å². The van der Waals surface area contributed by atoms with Crippen molar-refractivity contribution in [2.45, 2.75) is 51.9 Å². The van der Waals surface area contributed by atoms with Gasteiger partial charge in [0.2, 0.25) is 11.8 Å². The first-order chi connectivity index (χ1) is 25.7. The molecule has 4 aromatic carbocycles. The Morgan fingerprint density at radius 1 is 0.774 bits per heavy atom. The molecule has 0 unspecified atom stereocenters. The number of benzene rings is 4. The summed E-state index contributed by atoms with van der Waals surface area (Å²) in [4.78, 5) is 43.5. The number of rotatable bonds is 13. The summed E-state index contributed by atoms with van der Waals surface area (Å²) in [5, 5.41) is 6.36. The maximum absolute atomic E-state index is 13.3. The number of methoxy groups -OCH3 is 1. The van der Waals surface area contributed by atoms with Crippen molar-refractivity contribution in [3.63, 3.8) is 0 Å². The van der Waals surface area contributed by atoms with Gasteiger partial charge in [-0.25, -0.2) is 4.39 Å². The fourth-order valence-electron chi connectivity index (χ4n) is 6.98. The van der Waals surface area contributed by atoms with Crippen LogP contribution in [0.2, 0.25) is 0 Å². The summed E-state index contributed by atoms with van der Waals surface area (Å²) in [7, 11) is 1.61. The lowest BCUT2D eigenvalue weighted by Gasteiger charge is -2.28. The lowest BCUT2D eigenvalue weighted by atomic mass is 9.79. The molecule has 9 nitrogen and oxygen atoms in total. The number of aromatic nitrogens is 1. The molecule has 2 amide bonds. The van der Waals surface area contributed by atoms with Crippen LogP contribution in [0.5, 0.6) is 23.0 Å². The number of amides is 2. The zero-order chi connectivity index (χ0) is 37.0. The Bertz CT molecular complexity index is 2130. The number of aryl methyl sites for hydroxylation is 1. The number of anilines is 2. The topological polar surface area (TPSA) is 116 Å². The fraction of sp³-hybridized carbons (Fsp3) is 0.302. The molecule has 0 atom stereocenters. The highest BCUT2D eigenvalue weighted by atomic mass is 19.1. The smallest absolute Gasteiger partial charge is 0.240 e. The monoisotopic (exact) mass is 715 g/mol. The first kappa shape index (κ1) is 35.6. The molecule has 272 valence electrons. The highest BCUT2D eigenvalue weighted by molar-refractivity contribution is 6.17. The van der Waals surface area contributed by atoms with Crippen molar-refractivity contribution in [3.05, 3.63) is 114 Å². The maximum atomic E-state index is 13.3. The van der Waals surface area contributed by atoms with Crippen molar-refractivity contribution < 1.29 is 33.0 Å². The van der Waals surface area contributed by atoms with Crippen LogP contribution in [0, 0.1) is 30.0 Å². The molecular formula is C43H42FN3O6. The molecule has 2 fully saturated rings. The van der Waals surface area contributed by atoms with Crippen molar-refractivity contribution in [2.24, 2.45) is 17.3 Å². The van der Waals surface area contributed by atoms with Gasteiger partial charge in [0.1, 0.15) is 22.7 Å². The molecule has 5 aromatic rings. The summed E-state index contributed by atoms with van der Waals surface area (Å²) in [6.45, 7) is 2.43. The van der Waals surface area contributed by atoms with Crippen molar-refractivity contribution in [2.75, 3.05) is 24.4 Å². The third-order valence-corrected chi connectivity index (χ3v) is 10.4. The molecule has 0 saturated heterocycles. The van der Waals surface area contributed by atoms with Crippen LogP contribution in [0.25, 0.3) is 10.9 Å². The molecule has 1 aromatic heterocycles. The second-order valence-electron chi connectivity index (χ2n) is 14.1. The number of hydrogen-bond acceptors (Lipinski definition) is 7. The number of fused-ring (bicyclic) bond motifs is 1. The standard InChI is InChI=1S/C43H42FN3O6/c1-27-22-33(47-42(50)43(19-20-43)41(49)46-32-14-12-31(44)13-15-32)16-17-37(27)53-38-18-21-45-35-25-40(39(51-2)24-34(35)38)52-26-29-10-8-28(9-11-29)23-36(48)30-6-4-3-5-7-30/h3-7,12-18,21-22,24-25,28-29H,8-11,19-20,23,26H2,1-2H3,(H,46,49)(H,47,50). The van der Waals surface area contributed by atoms with E-state index in [1.165, 1.54) is 24.3 Å². The summed E-state index contributed by atoms with van der Waals surface area (Å²) in [5.41, 5.74) is 2.06. The highest BCUT2D eigenvalue weighted by Gasteiger charge is 2.56. The van der Waals surface area contributed by atoms with Gasteiger partial charge in [-0.2, -0.15) is 0 Å². The minimum atomic E-state index is -1.17. The third-order valence-electron chi connectivity index (χ3n) is 10.4. The number of hydrogen-bond donors (Lipinski definition) is 2. The van der Waals surface area contributed by atoms with Crippen LogP contribution in [0.1, 0.15) is 60.9 Å². The van der Waals surface area contributed by atoms with Gasteiger partial charge in [0.05, 0.1) is 19.2 Å². The van der Waals surface area contributed by atoms with Gasteiger partial charge in [-0.1, -0.05) is 30.3 Å². The van der Waals surface area contributed by atoms with Gasteiger partial charge in [-0.05, 0) is 117 Å². The average Bonchev–Trinajstić information content (AvgIpc) is 3.99. The molecule has 2 aliphatic carbocycles. The van der Waals surface area contributed by atoms with E-state index >= 15 is 0 Å². The van der Waals surface area contributed by atoms with Gasteiger partial charge < -0.3 is 24.8 Å². The molecule has 2 saturated carbocycles. The van der Waals surface area contributed by atoms with Crippen LogP contribution in [0.4, 0.5) is 15.8 Å². The van der Waals surface area contributed by atoms with E-state index in [9.17, 15) is 18.8 Å². The molecule has 53 heavy (non-hydrogen) atoms. The Morgan fingerprint density at radius 3 is 2.13 bits per heavy atom. The predicted octanol–water partition coefficient (Wildman–Crippen LogP) is 9.30. The zero-order valence-corrected chi connectivity index (χ0v) is 29.8. The van der Waals surface area contributed by atoms with E-state index in [-0.39, 0.29) is 5.78 Å². The van der Waals surface area contributed by atoms with Crippen LogP contribution >= 0.6 is 0 Å². The largest absolute Gasteiger partial charge is 0.493 e. The van der Waals surface area contributed by atoms with Gasteiger partial charge in [-0.15, -0.1) is 0 Å². The number of Topliss-reactive ketones (excluding diaryl/α,β-unsaturated/α-hetero) is 1. The first-order valence-electron chi connectivity index (χ1n) is 18.1. The average molecular weight is 716 g/mol. The van der Waals surface area contributed by atoms with E-state index < -0.39 is 23.0 Å². The van der Waals surface area contributed by atoms with Crippen LogP contribution in [-0.2, 0) is 9.59 Å². The molecule has 0 spiro atoms. The molecule has 0 aliphatic heterocycles. The number of pyridine rings is 1. The Labute approximate surface area is 307 Å². The van der Waals surface area contributed by atoms with E-state index in [0.717, 1.165) is 42.2 Å². The van der Waals surface area contributed by atoms with Crippen LogP contribution in [0.15, 0.2) is 97.2 Å². The third kappa shape index (κ3) is 8.17. The van der Waals surface area contributed by atoms with E-state index in [0.29, 0.717) is 77.6 Å². The van der Waals surface area contributed by atoms with Crippen molar-refractivity contribution in [3.8, 4) is 23.0 Å². The van der Waals surface area contributed by atoms with Gasteiger partial charge in [0, 0.05) is 41.0 Å². The Kier molecular flexibility index (Phi) is 10.4. The minimum Gasteiger partial charge on any atom is -0.493 e. The van der Waals surface area contributed by atoms with Gasteiger partial charge in [0.25, 0.3) is 0 Å². The van der Waals surface area contributed by atoms with Crippen LogP contribution in [-0.4, -0.2) is 36.3 Å². The number of halogens is 1. The Hall–Kier alpha value is -5.77. The molecule has 1 heterocycles. The van der Waals surface area contributed by atoms with E-state index in [1.807, 2.05) is 49.4 Å². The second-order valence-corrected chi connectivity index (χ2v) is 14.1. The number of nitrogens with one attached hydrogen (secondary N) is 2.